The van der Waals surface area contributed by atoms with Crippen LogP contribution in [0.5, 0.6) is 5.75 Å². The van der Waals surface area contributed by atoms with E-state index in [4.69, 9.17) is 4.74 Å². The minimum atomic E-state index is 0.798. The van der Waals surface area contributed by atoms with Crippen molar-refractivity contribution >= 4 is 27.3 Å². The van der Waals surface area contributed by atoms with Crippen LogP contribution in [0.4, 0.5) is 11.4 Å². The van der Waals surface area contributed by atoms with Crippen LogP contribution in [0.2, 0.25) is 0 Å². The summed E-state index contributed by atoms with van der Waals surface area (Å²) in [6, 6.07) is 16.6. The monoisotopic (exact) mass is 346 g/mol. The van der Waals surface area contributed by atoms with E-state index >= 15 is 0 Å². The summed E-state index contributed by atoms with van der Waals surface area (Å²) in [5, 5.41) is 3.47. The third kappa shape index (κ3) is 3.70. The number of benzene rings is 2. The molecule has 21 heavy (non-hydrogen) atoms. The number of para-hydroxylation sites is 2. The molecule has 0 radical (unpaired) electrons. The molecule has 2 aromatic carbocycles. The molecular formula is C17H19BrN2O. The van der Waals surface area contributed by atoms with Crippen molar-refractivity contribution in [1.29, 1.82) is 0 Å². The van der Waals surface area contributed by atoms with Crippen molar-refractivity contribution in [3.05, 3.63) is 53.0 Å². The first-order valence-electron chi connectivity index (χ1n) is 7.29. The zero-order valence-electron chi connectivity index (χ0n) is 11.9. The highest BCUT2D eigenvalue weighted by Crippen LogP contribution is 2.30. The molecule has 1 aliphatic rings. The van der Waals surface area contributed by atoms with Crippen molar-refractivity contribution in [3.8, 4) is 5.75 Å². The van der Waals surface area contributed by atoms with Crippen LogP contribution >= 0.6 is 15.9 Å². The molecule has 0 bridgehead atoms. The fourth-order valence-corrected chi connectivity index (χ4v) is 2.96. The Bertz CT molecular complexity index is 603. The second-order valence-corrected chi connectivity index (χ2v) is 6.01. The van der Waals surface area contributed by atoms with Crippen molar-refractivity contribution in [3.63, 3.8) is 0 Å². The van der Waals surface area contributed by atoms with Gasteiger partial charge in [-0.15, -0.1) is 0 Å². The molecule has 0 fully saturated rings. The lowest BCUT2D eigenvalue weighted by Gasteiger charge is -2.24. The summed E-state index contributed by atoms with van der Waals surface area (Å²) in [4.78, 5) is 2.40. The Balaban J connectivity index is 1.62. The summed E-state index contributed by atoms with van der Waals surface area (Å²) in [6.45, 7) is 3.71. The Morgan fingerprint density at radius 3 is 2.95 bits per heavy atom. The first-order valence-corrected chi connectivity index (χ1v) is 8.08. The van der Waals surface area contributed by atoms with E-state index in [2.05, 4.69) is 56.5 Å². The molecular weight excluding hydrogens is 328 g/mol. The molecule has 0 saturated carbocycles. The average Bonchev–Trinajstić information content (AvgIpc) is 2.70. The molecule has 0 atom stereocenters. The van der Waals surface area contributed by atoms with Gasteiger partial charge in [-0.25, -0.2) is 0 Å². The first kappa shape index (κ1) is 14.3. The van der Waals surface area contributed by atoms with Gasteiger partial charge in [0.25, 0.3) is 0 Å². The van der Waals surface area contributed by atoms with Gasteiger partial charge in [-0.1, -0.05) is 34.1 Å². The number of hydrogen-bond donors (Lipinski definition) is 1. The van der Waals surface area contributed by atoms with Crippen LogP contribution < -0.4 is 15.0 Å². The van der Waals surface area contributed by atoms with Gasteiger partial charge in [0.1, 0.15) is 5.75 Å². The second kappa shape index (κ2) is 6.85. The maximum atomic E-state index is 5.79. The minimum Gasteiger partial charge on any atom is -0.491 e. The van der Waals surface area contributed by atoms with Gasteiger partial charge in [0, 0.05) is 29.8 Å². The highest BCUT2D eigenvalue weighted by atomic mass is 79.9. The van der Waals surface area contributed by atoms with E-state index in [-0.39, 0.29) is 0 Å². The lowest BCUT2D eigenvalue weighted by atomic mass is 10.2. The third-order valence-electron chi connectivity index (χ3n) is 3.57. The Labute approximate surface area is 134 Å². The molecule has 110 valence electrons. The maximum absolute atomic E-state index is 5.79. The lowest BCUT2D eigenvalue weighted by molar-refractivity contribution is 0.322. The number of ether oxygens (including phenoxy) is 1. The van der Waals surface area contributed by atoms with Gasteiger partial charge < -0.3 is 15.0 Å². The SMILES string of the molecule is Brc1cccc(NCCN2CCCOc3ccccc32)c1. The zero-order valence-corrected chi connectivity index (χ0v) is 13.5. The first-order chi connectivity index (χ1) is 10.3. The number of nitrogens with one attached hydrogen (secondary N) is 1. The normalized spacial score (nSPS) is 14.0. The second-order valence-electron chi connectivity index (χ2n) is 5.09. The van der Waals surface area contributed by atoms with Crippen molar-refractivity contribution in [1.82, 2.24) is 0 Å². The van der Waals surface area contributed by atoms with E-state index in [1.54, 1.807) is 0 Å². The van der Waals surface area contributed by atoms with Gasteiger partial charge in [0.2, 0.25) is 0 Å². The standard InChI is InChI=1S/C17H19BrN2O/c18-14-5-3-6-15(13-14)19-9-11-20-10-4-12-21-17-8-2-1-7-16(17)20/h1-3,5-8,13,19H,4,9-12H2. The van der Waals surface area contributed by atoms with E-state index in [9.17, 15) is 0 Å². The van der Waals surface area contributed by atoms with Crippen LogP contribution in [0, 0.1) is 0 Å². The van der Waals surface area contributed by atoms with Crippen molar-refractivity contribution < 1.29 is 4.74 Å². The Morgan fingerprint density at radius 2 is 2.05 bits per heavy atom. The topological polar surface area (TPSA) is 24.5 Å². The molecule has 0 aliphatic carbocycles. The van der Waals surface area contributed by atoms with Crippen LogP contribution in [-0.4, -0.2) is 26.2 Å². The molecule has 1 aliphatic heterocycles. The van der Waals surface area contributed by atoms with Crippen LogP contribution in [0.3, 0.4) is 0 Å². The number of nitrogens with zero attached hydrogens (tertiary/aromatic N) is 1. The van der Waals surface area contributed by atoms with Crippen molar-refractivity contribution in [2.75, 3.05) is 36.5 Å². The van der Waals surface area contributed by atoms with Gasteiger partial charge in [0.15, 0.2) is 0 Å². The van der Waals surface area contributed by atoms with Crippen molar-refractivity contribution in [2.45, 2.75) is 6.42 Å². The average molecular weight is 347 g/mol. The number of rotatable bonds is 4. The largest absolute Gasteiger partial charge is 0.491 e. The predicted octanol–water partition coefficient (Wildman–Crippen LogP) is 4.15. The van der Waals surface area contributed by atoms with Crippen LogP contribution in [-0.2, 0) is 0 Å². The lowest BCUT2D eigenvalue weighted by Crippen LogP contribution is -2.29. The Hall–Kier alpha value is -1.68. The summed E-state index contributed by atoms with van der Waals surface area (Å²) >= 11 is 3.50. The molecule has 1 N–H and O–H groups in total. The highest BCUT2D eigenvalue weighted by molar-refractivity contribution is 9.10. The van der Waals surface area contributed by atoms with Gasteiger partial charge >= 0.3 is 0 Å². The smallest absolute Gasteiger partial charge is 0.142 e. The molecule has 0 amide bonds. The minimum absolute atomic E-state index is 0.798. The van der Waals surface area contributed by atoms with Crippen molar-refractivity contribution in [2.24, 2.45) is 0 Å². The van der Waals surface area contributed by atoms with E-state index in [0.717, 1.165) is 48.6 Å². The van der Waals surface area contributed by atoms with Crippen LogP contribution in [0.1, 0.15) is 6.42 Å². The molecule has 3 nitrogen and oxygen atoms in total. The molecule has 0 saturated heterocycles. The highest BCUT2D eigenvalue weighted by Gasteiger charge is 2.15. The fourth-order valence-electron chi connectivity index (χ4n) is 2.56. The summed E-state index contributed by atoms with van der Waals surface area (Å²) in [5.41, 5.74) is 2.34. The number of halogens is 1. The van der Waals surface area contributed by atoms with Gasteiger partial charge in [-0.05, 0) is 36.8 Å². The Kier molecular flexibility index (Phi) is 4.65. The van der Waals surface area contributed by atoms with Crippen LogP contribution in [0.15, 0.2) is 53.0 Å². The van der Waals surface area contributed by atoms with E-state index in [1.165, 1.54) is 5.69 Å². The van der Waals surface area contributed by atoms with Gasteiger partial charge in [-0.2, -0.15) is 0 Å². The summed E-state index contributed by atoms with van der Waals surface area (Å²) in [7, 11) is 0. The van der Waals surface area contributed by atoms with E-state index < -0.39 is 0 Å². The fraction of sp³-hybridized carbons (Fsp3) is 0.294. The number of anilines is 2. The molecule has 0 unspecified atom stereocenters. The summed E-state index contributed by atoms with van der Waals surface area (Å²) in [5.74, 6) is 0.998. The summed E-state index contributed by atoms with van der Waals surface area (Å²) in [6.07, 6.45) is 1.06. The molecule has 4 heteroatoms. The van der Waals surface area contributed by atoms with Gasteiger partial charge in [0.05, 0.1) is 12.3 Å². The van der Waals surface area contributed by atoms with Crippen LogP contribution in [0.25, 0.3) is 0 Å². The predicted molar refractivity (Wildman–Crippen MR) is 91.4 cm³/mol. The number of fused-ring (bicyclic) bond motifs is 1. The van der Waals surface area contributed by atoms with E-state index in [0.29, 0.717) is 0 Å². The zero-order chi connectivity index (χ0) is 14.5. The molecule has 1 heterocycles. The van der Waals surface area contributed by atoms with E-state index in [1.807, 2.05) is 18.2 Å². The molecule has 3 rings (SSSR count). The van der Waals surface area contributed by atoms with Gasteiger partial charge in [-0.3, -0.25) is 0 Å². The molecule has 0 aromatic heterocycles. The maximum Gasteiger partial charge on any atom is 0.142 e. The molecule has 2 aromatic rings. The molecule has 0 spiro atoms. The quantitative estimate of drug-likeness (QED) is 0.899. The number of hydrogen-bond acceptors (Lipinski definition) is 3. The Morgan fingerprint density at radius 1 is 1.14 bits per heavy atom. The third-order valence-corrected chi connectivity index (χ3v) is 4.06. The summed E-state index contributed by atoms with van der Waals surface area (Å²) < 4.78 is 6.89.